The Balaban J connectivity index is 2.44. The second-order valence-corrected chi connectivity index (χ2v) is 7.59. The molecule has 1 N–H and O–H groups in total. The molecule has 0 aromatic heterocycles. The normalized spacial score (nSPS) is 20.1. The van der Waals surface area contributed by atoms with Gasteiger partial charge in [0.15, 0.2) is 5.96 Å². The molecule has 20 heavy (non-hydrogen) atoms. The molecule has 1 atom stereocenters. The van der Waals surface area contributed by atoms with Crippen LogP contribution in [0.1, 0.15) is 19.8 Å². The minimum atomic E-state index is -2.89. The summed E-state index contributed by atoms with van der Waals surface area (Å²) in [4.78, 5) is 6.59. The molecule has 1 rings (SSSR count). The SMILES string of the molecule is CCNC(=NCCCS(C)(=O)=O)N(C)CC1CCOC1. The van der Waals surface area contributed by atoms with Gasteiger partial charge in [-0.1, -0.05) is 0 Å². The lowest BCUT2D eigenvalue weighted by molar-refractivity contribution is 0.181. The van der Waals surface area contributed by atoms with E-state index < -0.39 is 9.84 Å². The number of hydrogen-bond donors (Lipinski definition) is 1. The van der Waals surface area contributed by atoms with Gasteiger partial charge in [-0.05, 0) is 19.8 Å². The lowest BCUT2D eigenvalue weighted by Crippen LogP contribution is -2.41. The molecule has 0 aliphatic carbocycles. The Morgan fingerprint density at radius 2 is 2.25 bits per heavy atom. The average molecular weight is 305 g/mol. The van der Waals surface area contributed by atoms with Crippen molar-refractivity contribution in [2.24, 2.45) is 10.9 Å². The first-order chi connectivity index (χ1) is 9.42. The van der Waals surface area contributed by atoms with Crippen molar-refractivity contribution < 1.29 is 13.2 Å². The lowest BCUT2D eigenvalue weighted by Gasteiger charge is -2.24. The van der Waals surface area contributed by atoms with E-state index in [1.807, 2.05) is 14.0 Å². The highest BCUT2D eigenvalue weighted by Crippen LogP contribution is 2.13. The van der Waals surface area contributed by atoms with Crippen molar-refractivity contribution in [3.8, 4) is 0 Å². The predicted octanol–water partition coefficient (Wildman–Crippen LogP) is 0.355. The second kappa shape index (κ2) is 8.46. The summed E-state index contributed by atoms with van der Waals surface area (Å²) in [7, 11) is -0.883. The number of aliphatic imine (C=N–C) groups is 1. The fraction of sp³-hybridized carbons (Fsp3) is 0.923. The van der Waals surface area contributed by atoms with E-state index in [1.54, 1.807) is 0 Å². The molecular formula is C13H27N3O3S. The number of guanidine groups is 1. The van der Waals surface area contributed by atoms with Gasteiger partial charge in [-0.3, -0.25) is 4.99 Å². The van der Waals surface area contributed by atoms with E-state index in [-0.39, 0.29) is 5.75 Å². The Morgan fingerprint density at radius 3 is 2.80 bits per heavy atom. The molecule has 0 saturated carbocycles. The van der Waals surface area contributed by atoms with Crippen molar-refractivity contribution in [3.63, 3.8) is 0 Å². The van der Waals surface area contributed by atoms with Gasteiger partial charge in [-0.2, -0.15) is 0 Å². The molecule has 0 bridgehead atoms. The summed E-state index contributed by atoms with van der Waals surface area (Å²) in [6.45, 7) is 5.94. The highest BCUT2D eigenvalue weighted by molar-refractivity contribution is 7.90. The van der Waals surface area contributed by atoms with Crippen LogP contribution in [0.4, 0.5) is 0 Å². The van der Waals surface area contributed by atoms with Crippen LogP contribution in [-0.4, -0.2) is 71.2 Å². The number of nitrogens with one attached hydrogen (secondary N) is 1. The predicted molar refractivity (Wildman–Crippen MR) is 81.9 cm³/mol. The second-order valence-electron chi connectivity index (χ2n) is 5.33. The monoisotopic (exact) mass is 305 g/mol. The van der Waals surface area contributed by atoms with Crippen LogP contribution in [0, 0.1) is 5.92 Å². The Hall–Kier alpha value is -0.820. The molecule has 0 aromatic carbocycles. The first kappa shape index (κ1) is 17.2. The van der Waals surface area contributed by atoms with Gasteiger partial charge in [-0.25, -0.2) is 8.42 Å². The lowest BCUT2D eigenvalue weighted by atomic mass is 10.1. The highest BCUT2D eigenvalue weighted by atomic mass is 32.2. The Morgan fingerprint density at radius 1 is 1.50 bits per heavy atom. The minimum absolute atomic E-state index is 0.191. The standard InChI is InChI=1S/C13H27N3O3S/c1-4-14-13(15-7-5-9-20(3,17)18)16(2)10-12-6-8-19-11-12/h12H,4-11H2,1-3H3,(H,14,15). The molecule has 0 aromatic rings. The van der Waals surface area contributed by atoms with Crippen LogP contribution in [0.25, 0.3) is 0 Å². The third kappa shape index (κ3) is 7.09. The van der Waals surface area contributed by atoms with Crippen molar-refractivity contribution in [3.05, 3.63) is 0 Å². The van der Waals surface area contributed by atoms with Crippen LogP contribution in [0.2, 0.25) is 0 Å². The molecule has 0 amide bonds. The van der Waals surface area contributed by atoms with Crippen LogP contribution in [0.5, 0.6) is 0 Å². The van der Waals surface area contributed by atoms with E-state index in [9.17, 15) is 8.42 Å². The Bertz CT molecular complexity index is 403. The van der Waals surface area contributed by atoms with Crippen LogP contribution in [-0.2, 0) is 14.6 Å². The van der Waals surface area contributed by atoms with Crippen molar-refractivity contribution >= 4 is 15.8 Å². The van der Waals surface area contributed by atoms with Crippen LogP contribution >= 0.6 is 0 Å². The zero-order valence-corrected chi connectivity index (χ0v) is 13.6. The van der Waals surface area contributed by atoms with Gasteiger partial charge in [-0.15, -0.1) is 0 Å². The summed E-state index contributed by atoms with van der Waals surface area (Å²) in [5.41, 5.74) is 0. The van der Waals surface area contributed by atoms with Gasteiger partial charge in [0.1, 0.15) is 9.84 Å². The van der Waals surface area contributed by atoms with E-state index >= 15 is 0 Å². The molecule has 0 radical (unpaired) electrons. The van der Waals surface area contributed by atoms with Crippen LogP contribution in [0.3, 0.4) is 0 Å². The van der Waals surface area contributed by atoms with Gasteiger partial charge in [0.2, 0.25) is 0 Å². The molecule has 118 valence electrons. The van der Waals surface area contributed by atoms with E-state index in [1.165, 1.54) is 6.26 Å². The Labute approximate surface area is 122 Å². The first-order valence-corrected chi connectivity index (χ1v) is 9.23. The zero-order chi connectivity index (χ0) is 15.0. The van der Waals surface area contributed by atoms with Crippen molar-refractivity contribution in [2.45, 2.75) is 19.8 Å². The maximum Gasteiger partial charge on any atom is 0.193 e. The van der Waals surface area contributed by atoms with Gasteiger partial charge >= 0.3 is 0 Å². The smallest absolute Gasteiger partial charge is 0.193 e. The van der Waals surface area contributed by atoms with Crippen LogP contribution < -0.4 is 5.32 Å². The molecule has 7 heteroatoms. The van der Waals surface area contributed by atoms with Crippen molar-refractivity contribution in [1.82, 2.24) is 10.2 Å². The molecule has 0 spiro atoms. The molecule has 6 nitrogen and oxygen atoms in total. The third-order valence-corrected chi connectivity index (χ3v) is 4.22. The van der Waals surface area contributed by atoms with Crippen molar-refractivity contribution in [2.75, 3.05) is 51.9 Å². The highest BCUT2D eigenvalue weighted by Gasteiger charge is 2.18. The number of hydrogen-bond acceptors (Lipinski definition) is 4. The number of ether oxygens (including phenoxy) is 1. The molecule has 1 heterocycles. The third-order valence-electron chi connectivity index (χ3n) is 3.19. The van der Waals surface area contributed by atoms with Gasteiger partial charge in [0, 0.05) is 45.5 Å². The summed E-state index contributed by atoms with van der Waals surface area (Å²) >= 11 is 0. The van der Waals surface area contributed by atoms with Gasteiger partial charge in [0.25, 0.3) is 0 Å². The molecule has 1 aliphatic rings. The average Bonchev–Trinajstić information content (AvgIpc) is 2.84. The molecule has 1 aliphatic heterocycles. The summed E-state index contributed by atoms with van der Waals surface area (Å²) < 4.78 is 27.5. The summed E-state index contributed by atoms with van der Waals surface area (Å²) in [5, 5.41) is 3.24. The molecule has 1 fully saturated rings. The first-order valence-electron chi connectivity index (χ1n) is 7.17. The maximum absolute atomic E-state index is 11.1. The number of nitrogens with zero attached hydrogens (tertiary/aromatic N) is 2. The fourth-order valence-electron chi connectivity index (χ4n) is 2.18. The topological polar surface area (TPSA) is 71.0 Å². The van der Waals surface area contributed by atoms with Gasteiger partial charge < -0.3 is 15.0 Å². The fourth-order valence-corrected chi connectivity index (χ4v) is 2.84. The summed E-state index contributed by atoms with van der Waals surface area (Å²) in [5.74, 6) is 1.59. The summed E-state index contributed by atoms with van der Waals surface area (Å²) in [6, 6.07) is 0. The molecular weight excluding hydrogens is 278 g/mol. The zero-order valence-electron chi connectivity index (χ0n) is 12.8. The maximum atomic E-state index is 11.1. The quantitative estimate of drug-likeness (QED) is 0.418. The largest absolute Gasteiger partial charge is 0.381 e. The molecule has 1 unspecified atom stereocenters. The van der Waals surface area contributed by atoms with Crippen LogP contribution in [0.15, 0.2) is 4.99 Å². The molecule has 1 saturated heterocycles. The van der Waals surface area contributed by atoms with Gasteiger partial charge in [0.05, 0.1) is 12.4 Å². The van der Waals surface area contributed by atoms with E-state index in [2.05, 4.69) is 15.2 Å². The summed E-state index contributed by atoms with van der Waals surface area (Å²) in [6.07, 6.45) is 2.92. The van der Waals surface area contributed by atoms with E-state index in [0.29, 0.717) is 18.9 Å². The number of rotatable bonds is 7. The minimum Gasteiger partial charge on any atom is -0.381 e. The van der Waals surface area contributed by atoms with E-state index in [4.69, 9.17) is 4.74 Å². The Kier molecular flexibility index (Phi) is 7.29. The van der Waals surface area contributed by atoms with Crippen molar-refractivity contribution in [1.29, 1.82) is 0 Å². The number of sulfone groups is 1. The van der Waals surface area contributed by atoms with E-state index in [0.717, 1.165) is 38.7 Å².